The Morgan fingerprint density at radius 1 is 1.67 bits per heavy atom. The minimum absolute atomic E-state index is 0.708. The normalized spacial score (nSPS) is 19.1. The van der Waals surface area contributed by atoms with E-state index in [4.69, 9.17) is 11.6 Å². The van der Waals surface area contributed by atoms with Crippen LogP contribution in [0.3, 0.4) is 0 Å². The highest BCUT2D eigenvalue weighted by Gasteiger charge is 2.09. The van der Waals surface area contributed by atoms with E-state index in [1.165, 1.54) is 0 Å². The van der Waals surface area contributed by atoms with Crippen molar-refractivity contribution in [2.75, 3.05) is 7.05 Å². The highest BCUT2D eigenvalue weighted by Crippen LogP contribution is 2.14. The van der Waals surface area contributed by atoms with Crippen molar-refractivity contribution < 1.29 is 0 Å². The fourth-order valence-corrected chi connectivity index (χ4v) is 0.830. The Morgan fingerprint density at radius 3 is 2.89 bits per heavy atom. The molecule has 0 aromatic carbocycles. The summed E-state index contributed by atoms with van der Waals surface area (Å²) >= 11 is 5.73. The van der Waals surface area contributed by atoms with Crippen LogP contribution in [0.25, 0.3) is 0 Å². The molecule has 0 atom stereocenters. The lowest BCUT2D eigenvalue weighted by atomic mass is 10.3. The van der Waals surface area contributed by atoms with Crippen LogP contribution in [-0.2, 0) is 0 Å². The zero-order valence-electron chi connectivity index (χ0n) is 5.11. The van der Waals surface area contributed by atoms with Crippen molar-refractivity contribution in [2.24, 2.45) is 0 Å². The summed E-state index contributed by atoms with van der Waals surface area (Å²) in [5.41, 5.74) is 0. The number of likely N-dealkylation sites (N-methyl/N-ethyl adjacent to an activating group) is 1. The molecule has 0 amide bonds. The second-order valence-electron chi connectivity index (χ2n) is 1.64. The molecule has 0 spiro atoms. The molecule has 3 heteroatoms. The van der Waals surface area contributed by atoms with Crippen LogP contribution in [0.4, 0.5) is 0 Å². The molecule has 0 bridgehead atoms. The third-order valence-corrected chi connectivity index (χ3v) is 1.37. The first-order valence-corrected chi connectivity index (χ1v) is 3.06. The summed E-state index contributed by atoms with van der Waals surface area (Å²) < 4.78 is 0. The largest absolute Gasteiger partial charge is 0.365 e. The topological polar surface area (TPSA) is 24.1 Å². The van der Waals surface area contributed by atoms with E-state index in [1.807, 2.05) is 25.4 Å². The average Bonchev–Trinajstić information content (AvgIpc) is 1.89. The molecule has 0 fully saturated rings. The lowest BCUT2D eigenvalue weighted by molar-refractivity contribution is 0.749. The van der Waals surface area contributed by atoms with Gasteiger partial charge >= 0.3 is 0 Å². The molecule has 9 heavy (non-hydrogen) atoms. The van der Waals surface area contributed by atoms with Gasteiger partial charge in [0.25, 0.3) is 0 Å². The number of hydrogen-bond donors (Lipinski definition) is 2. The van der Waals surface area contributed by atoms with Gasteiger partial charge in [-0.05, 0) is 25.4 Å². The first-order valence-electron chi connectivity index (χ1n) is 2.68. The van der Waals surface area contributed by atoms with Crippen molar-refractivity contribution in [1.82, 2.24) is 10.6 Å². The molecule has 0 unspecified atom stereocenters. The number of nitrogens with one attached hydrogen (secondary N) is 2. The van der Waals surface area contributed by atoms with Crippen LogP contribution in [-0.4, -0.2) is 7.05 Å². The summed E-state index contributed by atoms with van der Waals surface area (Å²) in [6.07, 6.45) is 6.34. The molecule has 2 nitrogen and oxygen atoms in total. The lowest BCUT2D eigenvalue weighted by Gasteiger charge is -2.15. The van der Waals surface area contributed by atoms with E-state index in [9.17, 15) is 0 Å². The van der Waals surface area contributed by atoms with Crippen molar-refractivity contribution in [3.63, 3.8) is 0 Å². The van der Waals surface area contributed by atoms with Gasteiger partial charge in [0, 0.05) is 0 Å². The Kier molecular flexibility index (Phi) is 2.14. The standard InChI is InChI=1S/C6H8ClN2/c1-8-6-5(7)3-2-4-9-6/h2-4,8-9H,1H3. The zero-order chi connectivity index (χ0) is 6.69. The summed E-state index contributed by atoms with van der Waals surface area (Å²) in [6, 6.07) is 0. The maximum Gasteiger partial charge on any atom is 0.168 e. The molecule has 0 saturated heterocycles. The summed E-state index contributed by atoms with van der Waals surface area (Å²) in [5.74, 6) is 0. The van der Waals surface area contributed by atoms with Crippen molar-refractivity contribution >= 4 is 11.6 Å². The van der Waals surface area contributed by atoms with Crippen molar-refractivity contribution in [3.05, 3.63) is 29.6 Å². The van der Waals surface area contributed by atoms with Crippen LogP contribution in [0.1, 0.15) is 0 Å². The summed E-state index contributed by atoms with van der Waals surface area (Å²) in [7, 11) is 1.82. The Bertz CT molecular complexity index is 151. The van der Waals surface area contributed by atoms with Crippen molar-refractivity contribution in [3.8, 4) is 0 Å². The molecule has 1 aliphatic heterocycles. The number of hydrogen-bond acceptors (Lipinski definition) is 2. The van der Waals surface area contributed by atoms with Crippen LogP contribution in [0.15, 0.2) is 23.4 Å². The Labute approximate surface area is 59.6 Å². The van der Waals surface area contributed by atoms with Gasteiger partial charge in [0.15, 0.2) is 6.17 Å². The maximum absolute atomic E-state index is 5.73. The van der Waals surface area contributed by atoms with Gasteiger partial charge < -0.3 is 5.32 Å². The minimum Gasteiger partial charge on any atom is -0.365 e. The summed E-state index contributed by atoms with van der Waals surface area (Å²) in [6.45, 7) is 0. The maximum atomic E-state index is 5.73. The molecule has 0 saturated carbocycles. The molecule has 1 heterocycles. The Morgan fingerprint density at radius 2 is 2.44 bits per heavy atom. The van der Waals surface area contributed by atoms with Crippen LogP contribution in [0, 0.1) is 6.17 Å². The van der Waals surface area contributed by atoms with Gasteiger partial charge in [0.05, 0.1) is 5.03 Å². The first kappa shape index (κ1) is 6.65. The quantitative estimate of drug-likeness (QED) is 0.571. The third kappa shape index (κ3) is 1.47. The fourth-order valence-electron chi connectivity index (χ4n) is 0.608. The Balaban J connectivity index is 2.59. The lowest BCUT2D eigenvalue weighted by Crippen LogP contribution is -2.29. The second kappa shape index (κ2) is 2.90. The van der Waals surface area contributed by atoms with Crippen LogP contribution in [0.5, 0.6) is 0 Å². The van der Waals surface area contributed by atoms with Crippen LogP contribution in [0.2, 0.25) is 0 Å². The van der Waals surface area contributed by atoms with E-state index < -0.39 is 0 Å². The monoisotopic (exact) mass is 143 g/mol. The zero-order valence-corrected chi connectivity index (χ0v) is 5.87. The highest BCUT2D eigenvalue weighted by atomic mass is 35.5. The minimum atomic E-state index is 0.708. The van der Waals surface area contributed by atoms with Gasteiger partial charge in [-0.1, -0.05) is 11.6 Å². The van der Waals surface area contributed by atoms with E-state index in [0.717, 1.165) is 6.17 Å². The van der Waals surface area contributed by atoms with Gasteiger partial charge in [-0.2, -0.15) is 0 Å². The van der Waals surface area contributed by atoms with Gasteiger partial charge in [-0.3, -0.25) is 5.32 Å². The average molecular weight is 144 g/mol. The van der Waals surface area contributed by atoms with Gasteiger partial charge in [-0.15, -0.1) is 0 Å². The first-order chi connectivity index (χ1) is 4.34. The van der Waals surface area contributed by atoms with E-state index in [0.29, 0.717) is 5.03 Å². The molecular formula is C6H8ClN2. The van der Waals surface area contributed by atoms with E-state index in [1.54, 1.807) is 0 Å². The molecule has 1 aliphatic rings. The number of halogens is 1. The van der Waals surface area contributed by atoms with Crippen LogP contribution >= 0.6 is 11.6 Å². The number of dihydropyridines is 1. The van der Waals surface area contributed by atoms with Crippen LogP contribution < -0.4 is 10.6 Å². The predicted octanol–water partition coefficient (Wildman–Crippen LogP) is 0.935. The third-order valence-electron chi connectivity index (χ3n) is 1.06. The van der Waals surface area contributed by atoms with E-state index in [2.05, 4.69) is 10.6 Å². The molecule has 0 aromatic heterocycles. The molecule has 0 aromatic rings. The molecule has 1 radical (unpaired) electrons. The fraction of sp³-hybridized carbons (Fsp3) is 0.167. The van der Waals surface area contributed by atoms with E-state index in [-0.39, 0.29) is 0 Å². The Hall–Kier alpha value is -0.470. The molecule has 1 rings (SSSR count). The van der Waals surface area contributed by atoms with Gasteiger partial charge in [0.2, 0.25) is 0 Å². The highest BCUT2D eigenvalue weighted by molar-refractivity contribution is 6.31. The smallest absolute Gasteiger partial charge is 0.168 e. The van der Waals surface area contributed by atoms with Gasteiger partial charge in [0.1, 0.15) is 0 Å². The van der Waals surface area contributed by atoms with Crippen molar-refractivity contribution in [1.29, 1.82) is 0 Å². The predicted molar refractivity (Wildman–Crippen MR) is 38.5 cm³/mol. The molecular weight excluding hydrogens is 136 g/mol. The molecule has 0 aliphatic carbocycles. The van der Waals surface area contributed by atoms with E-state index >= 15 is 0 Å². The summed E-state index contributed by atoms with van der Waals surface area (Å²) in [4.78, 5) is 0. The molecule has 49 valence electrons. The second-order valence-corrected chi connectivity index (χ2v) is 2.05. The SMILES string of the molecule is CN[C]1NC=CC=C1Cl. The van der Waals surface area contributed by atoms with Gasteiger partial charge in [-0.25, -0.2) is 0 Å². The summed E-state index contributed by atoms with van der Waals surface area (Å²) in [5, 5.41) is 6.56. The number of allylic oxidation sites excluding steroid dienone is 2. The molecule has 2 N–H and O–H groups in total. The van der Waals surface area contributed by atoms with Crippen molar-refractivity contribution in [2.45, 2.75) is 0 Å². The number of rotatable bonds is 1.